The van der Waals surface area contributed by atoms with Crippen molar-refractivity contribution in [1.29, 1.82) is 0 Å². The standard InChI is InChI=1S/C15H23N4OS/c1-12-11-21-14(16-12)19-7-3-6-18(15(19)20)10-13-4-8-17(2)9-5-13/h11,13H,2-10H2,1H3/q+1. The fourth-order valence-electron chi connectivity index (χ4n) is 3.07. The number of aryl methyl sites for hydroxylation is 1. The van der Waals surface area contributed by atoms with E-state index in [1.807, 2.05) is 22.1 Å². The molecule has 3 rings (SSSR count). The van der Waals surface area contributed by atoms with Crippen LogP contribution in [0, 0.1) is 12.8 Å². The van der Waals surface area contributed by atoms with E-state index in [4.69, 9.17) is 0 Å². The van der Waals surface area contributed by atoms with E-state index in [2.05, 4.69) is 16.3 Å². The molecule has 0 atom stereocenters. The summed E-state index contributed by atoms with van der Waals surface area (Å²) >= 11 is 1.56. The molecule has 1 aromatic rings. The van der Waals surface area contributed by atoms with E-state index in [-0.39, 0.29) is 6.03 Å². The van der Waals surface area contributed by atoms with Gasteiger partial charge in [0.15, 0.2) is 5.13 Å². The first-order chi connectivity index (χ1) is 10.1. The van der Waals surface area contributed by atoms with Crippen LogP contribution in [0.1, 0.15) is 25.0 Å². The molecular formula is C15H23N4OS+. The quantitative estimate of drug-likeness (QED) is 0.803. The van der Waals surface area contributed by atoms with Crippen molar-refractivity contribution in [2.75, 3.05) is 37.6 Å². The van der Waals surface area contributed by atoms with Crippen molar-refractivity contribution >= 4 is 29.2 Å². The van der Waals surface area contributed by atoms with Crippen molar-refractivity contribution in [1.82, 2.24) is 9.88 Å². The van der Waals surface area contributed by atoms with Crippen LogP contribution in [0.3, 0.4) is 0 Å². The smallest absolute Gasteiger partial charge is 0.324 e. The molecule has 0 N–H and O–H groups in total. The predicted octanol–water partition coefficient (Wildman–Crippen LogP) is 2.21. The molecule has 2 aliphatic rings. The fourth-order valence-corrected chi connectivity index (χ4v) is 3.90. The molecular weight excluding hydrogens is 284 g/mol. The Labute approximate surface area is 129 Å². The number of anilines is 1. The SMILES string of the molecule is C=[N+]1CCC(CN2CCCN(c3nc(C)cs3)C2=O)CC1. The van der Waals surface area contributed by atoms with Crippen LogP contribution in [0.4, 0.5) is 9.93 Å². The molecule has 0 bridgehead atoms. The third kappa shape index (κ3) is 3.26. The van der Waals surface area contributed by atoms with E-state index in [0.29, 0.717) is 5.92 Å². The average Bonchev–Trinajstić information content (AvgIpc) is 2.90. The number of piperidine rings is 1. The van der Waals surface area contributed by atoms with Gasteiger partial charge < -0.3 is 4.90 Å². The molecule has 2 aliphatic heterocycles. The van der Waals surface area contributed by atoms with Crippen LogP contribution in [-0.2, 0) is 0 Å². The fraction of sp³-hybridized carbons (Fsp3) is 0.667. The summed E-state index contributed by atoms with van der Waals surface area (Å²) in [4.78, 5) is 21.0. The molecule has 114 valence electrons. The summed E-state index contributed by atoms with van der Waals surface area (Å²) in [7, 11) is 0. The van der Waals surface area contributed by atoms with Crippen LogP contribution in [0.25, 0.3) is 0 Å². The van der Waals surface area contributed by atoms with Crippen molar-refractivity contribution in [3.63, 3.8) is 0 Å². The summed E-state index contributed by atoms with van der Waals surface area (Å²) in [5.74, 6) is 0.616. The molecule has 1 aromatic heterocycles. The van der Waals surface area contributed by atoms with Gasteiger partial charge in [0, 0.05) is 37.9 Å². The maximum Gasteiger partial charge on any atom is 0.326 e. The van der Waals surface area contributed by atoms with Gasteiger partial charge in [-0.3, -0.25) is 4.90 Å². The lowest BCUT2D eigenvalue weighted by atomic mass is 9.97. The van der Waals surface area contributed by atoms with E-state index >= 15 is 0 Å². The van der Waals surface area contributed by atoms with Gasteiger partial charge in [-0.05, 0) is 19.3 Å². The minimum absolute atomic E-state index is 0.132. The second-order valence-electron chi connectivity index (χ2n) is 6.07. The second-order valence-corrected chi connectivity index (χ2v) is 6.90. The maximum absolute atomic E-state index is 12.7. The molecule has 3 heterocycles. The van der Waals surface area contributed by atoms with Crippen molar-refractivity contribution in [2.24, 2.45) is 5.92 Å². The van der Waals surface area contributed by atoms with Gasteiger partial charge in [0.1, 0.15) is 19.8 Å². The Kier molecular flexibility index (Phi) is 4.24. The molecule has 21 heavy (non-hydrogen) atoms. The summed E-state index contributed by atoms with van der Waals surface area (Å²) in [6, 6.07) is 0.132. The first-order valence-electron chi connectivity index (χ1n) is 7.67. The second kappa shape index (κ2) is 6.13. The number of urea groups is 1. The molecule has 0 saturated carbocycles. The number of amides is 2. The summed E-state index contributed by atoms with van der Waals surface area (Å²) in [6.45, 7) is 10.6. The van der Waals surface area contributed by atoms with E-state index in [1.165, 1.54) is 0 Å². The Balaban J connectivity index is 1.63. The summed E-state index contributed by atoms with van der Waals surface area (Å²) < 4.78 is 2.12. The van der Waals surface area contributed by atoms with E-state index in [1.54, 1.807) is 11.3 Å². The van der Waals surface area contributed by atoms with Gasteiger partial charge in [-0.25, -0.2) is 14.4 Å². The van der Waals surface area contributed by atoms with Gasteiger partial charge in [-0.2, -0.15) is 0 Å². The molecule has 0 spiro atoms. The monoisotopic (exact) mass is 307 g/mol. The molecule has 5 nitrogen and oxygen atoms in total. The van der Waals surface area contributed by atoms with Crippen LogP contribution >= 0.6 is 11.3 Å². The molecule has 6 heteroatoms. The highest BCUT2D eigenvalue weighted by Crippen LogP contribution is 2.25. The zero-order valence-corrected chi connectivity index (χ0v) is 13.4. The first-order valence-corrected chi connectivity index (χ1v) is 8.55. The number of aromatic nitrogens is 1. The highest BCUT2D eigenvalue weighted by Gasteiger charge is 2.31. The van der Waals surface area contributed by atoms with Crippen LogP contribution < -0.4 is 4.90 Å². The molecule has 0 radical (unpaired) electrons. The minimum Gasteiger partial charge on any atom is -0.324 e. The highest BCUT2D eigenvalue weighted by atomic mass is 32.1. The van der Waals surface area contributed by atoms with E-state index in [9.17, 15) is 4.79 Å². The van der Waals surface area contributed by atoms with E-state index in [0.717, 1.165) is 62.8 Å². The zero-order valence-electron chi connectivity index (χ0n) is 12.6. The lowest BCUT2D eigenvalue weighted by molar-refractivity contribution is -0.532. The van der Waals surface area contributed by atoms with Gasteiger partial charge in [-0.1, -0.05) is 0 Å². The molecule has 0 aromatic carbocycles. The third-order valence-electron chi connectivity index (χ3n) is 4.33. The summed E-state index contributed by atoms with van der Waals surface area (Å²) in [5.41, 5.74) is 0.989. The Morgan fingerprint density at radius 3 is 2.86 bits per heavy atom. The van der Waals surface area contributed by atoms with Crippen LogP contribution in [-0.4, -0.2) is 59.9 Å². The van der Waals surface area contributed by atoms with Gasteiger partial charge in [0.25, 0.3) is 0 Å². The van der Waals surface area contributed by atoms with Gasteiger partial charge in [0.2, 0.25) is 0 Å². The summed E-state index contributed by atoms with van der Waals surface area (Å²) in [6.07, 6.45) is 3.31. The highest BCUT2D eigenvalue weighted by molar-refractivity contribution is 7.14. The van der Waals surface area contributed by atoms with Crippen LogP contribution in [0.5, 0.6) is 0 Å². The molecule has 0 unspecified atom stereocenters. The third-order valence-corrected chi connectivity index (χ3v) is 5.32. The first kappa shape index (κ1) is 14.5. The average molecular weight is 307 g/mol. The van der Waals surface area contributed by atoms with Crippen LogP contribution in [0.2, 0.25) is 0 Å². The van der Waals surface area contributed by atoms with Crippen molar-refractivity contribution in [3.8, 4) is 0 Å². The number of hydrogen-bond acceptors (Lipinski definition) is 3. The maximum atomic E-state index is 12.7. The number of hydrogen-bond donors (Lipinski definition) is 0. The largest absolute Gasteiger partial charge is 0.326 e. The van der Waals surface area contributed by atoms with Crippen LogP contribution in [0.15, 0.2) is 5.38 Å². The number of thiazole rings is 1. The Morgan fingerprint density at radius 1 is 1.43 bits per heavy atom. The molecule has 0 aliphatic carbocycles. The van der Waals surface area contributed by atoms with Gasteiger partial charge >= 0.3 is 6.03 Å². The number of nitrogens with zero attached hydrogens (tertiary/aromatic N) is 4. The Hall–Kier alpha value is -1.43. The molecule has 2 saturated heterocycles. The molecule has 2 fully saturated rings. The zero-order chi connectivity index (χ0) is 14.8. The van der Waals surface area contributed by atoms with Crippen molar-refractivity contribution < 1.29 is 9.37 Å². The summed E-state index contributed by atoms with van der Waals surface area (Å²) in [5, 5.41) is 2.85. The lowest BCUT2D eigenvalue weighted by Crippen LogP contribution is -2.51. The lowest BCUT2D eigenvalue weighted by Gasteiger charge is -2.36. The number of rotatable bonds is 3. The minimum atomic E-state index is 0.132. The number of carbonyl (C=O) groups excluding carboxylic acids is 1. The Bertz CT molecular complexity index is 532. The van der Waals surface area contributed by atoms with Gasteiger partial charge in [0.05, 0.1) is 5.69 Å². The van der Waals surface area contributed by atoms with Gasteiger partial charge in [-0.15, -0.1) is 11.3 Å². The molecule has 2 amide bonds. The van der Waals surface area contributed by atoms with Crippen molar-refractivity contribution in [3.05, 3.63) is 11.1 Å². The topological polar surface area (TPSA) is 39.5 Å². The van der Waals surface area contributed by atoms with Crippen molar-refractivity contribution in [2.45, 2.75) is 26.2 Å². The Morgan fingerprint density at radius 2 is 2.19 bits per heavy atom. The normalized spacial score (nSPS) is 21.2. The predicted molar refractivity (Wildman–Crippen MR) is 85.6 cm³/mol. The van der Waals surface area contributed by atoms with E-state index < -0.39 is 0 Å². The number of carbonyl (C=O) groups is 1.